The molecule has 1 aromatic rings. The summed E-state index contributed by atoms with van der Waals surface area (Å²) < 4.78 is 25.5. The lowest BCUT2D eigenvalue weighted by atomic mass is 10.0. The smallest absolute Gasteiger partial charge is 0.280 e. The van der Waals surface area contributed by atoms with Crippen LogP contribution in [0.15, 0.2) is 18.3 Å². The Hall–Kier alpha value is -1.54. The van der Waals surface area contributed by atoms with Crippen molar-refractivity contribution in [3.05, 3.63) is 29.6 Å². The summed E-state index contributed by atoms with van der Waals surface area (Å²) in [5.41, 5.74) is 0.628. The minimum atomic E-state index is -2.48. The van der Waals surface area contributed by atoms with Crippen LogP contribution in [0.5, 0.6) is 0 Å². The topological polar surface area (TPSA) is 39.9 Å². The molecule has 0 aliphatic carbocycles. The molecule has 1 aromatic heterocycles. The quantitative estimate of drug-likeness (QED) is 0.796. The van der Waals surface area contributed by atoms with E-state index < -0.39 is 6.43 Å². The van der Waals surface area contributed by atoms with E-state index in [2.05, 4.69) is 16.5 Å². The lowest BCUT2D eigenvalue weighted by molar-refractivity contribution is 0.142. The number of hydrogen-bond acceptors (Lipinski definition) is 3. The molecule has 1 aliphatic rings. The summed E-state index contributed by atoms with van der Waals surface area (Å²) in [5.74, 6) is 0. The SMILES string of the molecule is C#N.CN1CCCC1c1cccnc1C(F)F. The van der Waals surface area contributed by atoms with E-state index in [0.717, 1.165) is 19.4 Å². The maximum absolute atomic E-state index is 12.7. The van der Waals surface area contributed by atoms with Crippen molar-refractivity contribution in [3.8, 4) is 6.57 Å². The fourth-order valence-electron chi connectivity index (χ4n) is 2.20. The molecule has 92 valence electrons. The van der Waals surface area contributed by atoms with Gasteiger partial charge in [0, 0.05) is 18.8 Å². The first kappa shape index (κ1) is 13.5. The molecule has 1 unspecified atom stereocenters. The van der Waals surface area contributed by atoms with Crippen molar-refractivity contribution < 1.29 is 8.78 Å². The summed E-state index contributed by atoms with van der Waals surface area (Å²) in [5, 5.41) is 6.50. The molecule has 1 saturated heterocycles. The highest BCUT2D eigenvalue weighted by Gasteiger charge is 2.27. The van der Waals surface area contributed by atoms with Gasteiger partial charge >= 0.3 is 0 Å². The van der Waals surface area contributed by atoms with Crippen molar-refractivity contribution in [2.75, 3.05) is 13.6 Å². The third kappa shape index (κ3) is 2.98. The maximum atomic E-state index is 12.7. The zero-order valence-electron chi connectivity index (χ0n) is 9.68. The van der Waals surface area contributed by atoms with Gasteiger partial charge in [-0.15, -0.1) is 0 Å². The number of halogens is 2. The van der Waals surface area contributed by atoms with E-state index in [1.54, 1.807) is 12.1 Å². The Balaban J connectivity index is 0.000000686. The van der Waals surface area contributed by atoms with Crippen molar-refractivity contribution in [2.24, 2.45) is 0 Å². The Morgan fingerprint density at radius 2 is 2.24 bits per heavy atom. The summed E-state index contributed by atoms with van der Waals surface area (Å²) in [6.07, 6.45) is 0.968. The fourth-order valence-corrected chi connectivity index (χ4v) is 2.20. The highest BCUT2D eigenvalue weighted by atomic mass is 19.3. The number of hydrogen-bond donors (Lipinski definition) is 0. The number of likely N-dealkylation sites (tertiary alicyclic amines) is 1. The summed E-state index contributed by atoms with van der Waals surface area (Å²) in [6, 6.07) is 3.61. The van der Waals surface area contributed by atoms with Gasteiger partial charge in [-0.1, -0.05) is 6.07 Å². The van der Waals surface area contributed by atoms with Crippen LogP contribution in [0.2, 0.25) is 0 Å². The van der Waals surface area contributed by atoms with E-state index in [1.807, 2.05) is 7.05 Å². The molecule has 1 aliphatic heterocycles. The minimum absolute atomic E-state index is 0.0590. The summed E-state index contributed by atoms with van der Waals surface area (Å²) in [7, 11) is 1.97. The summed E-state index contributed by atoms with van der Waals surface area (Å²) in [6.45, 7) is 4.47. The lowest BCUT2D eigenvalue weighted by Crippen LogP contribution is -2.19. The van der Waals surface area contributed by atoms with E-state index in [0.29, 0.717) is 5.56 Å². The average molecular weight is 239 g/mol. The predicted octanol–water partition coefficient (Wildman–Crippen LogP) is 2.93. The van der Waals surface area contributed by atoms with Gasteiger partial charge in [-0.05, 0) is 38.1 Å². The van der Waals surface area contributed by atoms with Gasteiger partial charge < -0.3 is 0 Å². The molecule has 0 radical (unpaired) electrons. The zero-order valence-corrected chi connectivity index (χ0v) is 9.68. The maximum Gasteiger partial charge on any atom is 0.280 e. The molecule has 2 heterocycles. The molecule has 0 aromatic carbocycles. The standard InChI is InChI=1S/C11H14F2N2.CHN/c1-15-7-3-5-9(15)8-4-2-6-14-10(8)11(12)13;1-2/h2,4,6,9,11H,3,5,7H2,1H3;1H. The largest absolute Gasteiger partial charge is 0.299 e. The highest BCUT2D eigenvalue weighted by Crippen LogP contribution is 2.34. The molecule has 2 rings (SSSR count). The van der Waals surface area contributed by atoms with Crippen molar-refractivity contribution >= 4 is 0 Å². The molecular weight excluding hydrogens is 224 g/mol. The van der Waals surface area contributed by atoms with E-state index in [9.17, 15) is 8.78 Å². The number of alkyl halides is 2. The van der Waals surface area contributed by atoms with E-state index in [-0.39, 0.29) is 11.7 Å². The van der Waals surface area contributed by atoms with Gasteiger partial charge in [0.1, 0.15) is 5.69 Å². The first-order valence-corrected chi connectivity index (χ1v) is 5.39. The van der Waals surface area contributed by atoms with Crippen LogP contribution in [0.3, 0.4) is 0 Å². The number of rotatable bonds is 2. The summed E-state index contributed by atoms with van der Waals surface area (Å²) in [4.78, 5) is 5.89. The molecule has 17 heavy (non-hydrogen) atoms. The second-order valence-electron chi connectivity index (χ2n) is 3.92. The van der Waals surface area contributed by atoms with Crippen molar-refractivity contribution in [1.29, 1.82) is 5.26 Å². The van der Waals surface area contributed by atoms with Crippen LogP contribution in [-0.4, -0.2) is 23.5 Å². The molecule has 0 amide bonds. The fraction of sp³-hybridized carbons (Fsp3) is 0.500. The monoisotopic (exact) mass is 239 g/mol. The molecule has 0 spiro atoms. The molecule has 1 atom stereocenters. The number of aromatic nitrogens is 1. The molecule has 0 saturated carbocycles. The lowest BCUT2D eigenvalue weighted by Gasteiger charge is -2.21. The Bertz CT molecular complexity index is 379. The molecular formula is C12H15F2N3. The van der Waals surface area contributed by atoms with Gasteiger partial charge in [-0.25, -0.2) is 14.0 Å². The van der Waals surface area contributed by atoms with Gasteiger partial charge in [0.15, 0.2) is 0 Å². The van der Waals surface area contributed by atoms with Crippen LogP contribution in [0.1, 0.15) is 36.6 Å². The number of nitriles is 1. The Morgan fingerprint density at radius 3 is 2.76 bits per heavy atom. The van der Waals surface area contributed by atoms with Crippen LogP contribution >= 0.6 is 0 Å². The molecule has 0 N–H and O–H groups in total. The predicted molar refractivity (Wildman–Crippen MR) is 60.5 cm³/mol. The Morgan fingerprint density at radius 1 is 1.53 bits per heavy atom. The number of pyridine rings is 1. The van der Waals surface area contributed by atoms with Gasteiger partial charge in [-0.2, -0.15) is 0 Å². The van der Waals surface area contributed by atoms with Crippen LogP contribution in [0.25, 0.3) is 0 Å². The van der Waals surface area contributed by atoms with Gasteiger partial charge in [-0.3, -0.25) is 9.88 Å². The summed E-state index contributed by atoms with van der Waals surface area (Å²) >= 11 is 0. The zero-order chi connectivity index (χ0) is 12.8. The molecule has 0 bridgehead atoms. The highest BCUT2D eigenvalue weighted by molar-refractivity contribution is 5.25. The molecule has 1 fully saturated rings. The average Bonchev–Trinajstić information content (AvgIpc) is 2.78. The van der Waals surface area contributed by atoms with Crippen LogP contribution in [-0.2, 0) is 0 Å². The first-order valence-electron chi connectivity index (χ1n) is 5.39. The first-order chi connectivity index (χ1) is 8.20. The van der Waals surface area contributed by atoms with E-state index in [4.69, 9.17) is 5.26 Å². The van der Waals surface area contributed by atoms with Crippen LogP contribution in [0, 0.1) is 11.8 Å². The van der Waals surface area contributed by atoms with Crippen LogP contribution < -0.4 is 0 Å². The van der Waals surface area contributed by atoms with Gasteiger partial charge in [0.25, 0.3) is 6.43 Å². The van der Waals surface area contributed by atoms with E-state index in [1.165, 1.54) is 6.20 Å². The Labute approximate surface area is 99.7 Å². The third-order valence-corrected chi connectivity index (χ3v) is 2.96. The second-order valence-corrected chi connectivity index (χ2v) is 3.92. The molecule has 3 nitrogen and oxygen atoms in total. The normalized spacial score (nSPS) is 20.0. The van der Waals surface area contributed by atoms with Gasteiger partial charge in [0.05, 0.1) is 0 Å². The third-order valence-electron chi connectivity index (χ3n) is 2.96. The van der Waals surface area contributed by atoms with Crippen molar-refractivity contribution in [3.63, 3.8) is 0 Å². The van der Waals surface area contributed by atoms with Crippen molar-refractivity contribution in [2.45, 2.75) is 25.3 Å². The Kier molecular flexibility index (Phi) is 4.98. The van der Waals surface area contributed by atoms with E-state index >= 15 is 0 Å². The van der Waals surface area contributed by atoms with Crippen LogP contribution in [0.4, 0.5) is 8.78 Å². The molecule has 5 heteroatoms. The van der Waals surface area contributed by atoms with Gasteiger partial charge in [0.2, 0.25) is 0 Å². The van der Waals surface area contributed by atoms with Crippen molar-refractivity contribution in [1.82, 2.24) is 9.88 Å². The minimum Gasteiger partial charge on any atom is -0.299 e. The second kappa shape index (κ2) is 6.26. The number of nitrogens with zero attached hydrogens (tertiary/aromatic N) is 3.